The minimum atomic E-state index is -4.61. The van der Waals surface area contributed by atoms with Gasteiger partial charge in [-0.25, -0.2) is 0 Å². The van der Waals surface area contributed by atoms with Crippen LogP contribution in [0.15, 0.2) is 122 Å². The molecule has 0 aliphatic heterocycles. The van der Waals surface area contributed by atoms with Crippen molar-refractivity contribution in [3.63, 3.8) is 0 Å². The van der Waals surface area contributed by atoms with Gasteiger partial charge in [-0.05, 0) is 96.3 Å². The van der Waals surface area contributed by atoms with Gasteiger partial charge in [0, 0.05) is 6.42 Å². The molecule has 0 heterocycles. The molecule has 0 aromatic rings. The smallest absolute Gasteiger partial charge is 0.268 e. The molecular weight excluding hydrogens is 1030 g/mol. The summed E-state index contributed by atoms with van der Waals surface area (Å²) >= 11 is 0. The third-order valence-electron chi connectivity index (χ3n) is 14.7. The number of phosphoric ester groups is 1. The van der Waals surface area contributed by atoms with Gasteiger partial charge in [0.2, 0.25) is 5.91 Å². The second kappa shape index (κ2) is 62.4. The monoisotopic (exact) mass is 1160 g/mol. The molecule has 3 atom stereocenters. The summed E-state index contributed by atoms with van der Waals surface area (Å²) in [6.07, 6.45) is 93.1. The van der Waals surface area contributed by atoms with Crippen LogP contribution in [0.25, 0.3) is 0 Å². The van der Waals surface area contributed by atoms with E-state index in [1.807, 2.05) is 27.2 Å². The molecule has 0 aromatic carbocycles. The van der Waals surface area contributed by atoms with E-state index in [9.17, 15) is 19.4 Å². The van der Waals surface area contributed by atoms with Gasteiger partial charge in [-0.1, -0.05) is 302 Å². The number of carbonyl (C=O) groups is 1. The molecule has 472 valence electrons. The Morgan fingerprint density at radius 3 is 1.13 bits per heavy atom. The number of nitrogens with zero attached hydrogens (tertiary/aromatic N) is 1. The number of phosphoric acid groups is 1. The first-order valence-electron chi connectivity index (χ1n) is 33.9. The summed E-state index contributed by atoms with van der Waals surface area (Å²) in [5.74, 6) is -0.208. The zero-order valence-electron chi connectivity index (χ0n) is 53.9. The molecule has 9 heteroatoms. The summed E-state index contributed by atoms with van der Waals surface area (Å²) in [6, 6.07) is -0.910. The fourth-order valence-corrected chi connectivity index (χ4v) is 10.1. The van der Waals surface area contributed by atoms with E-state index >= 15 is 0 Å². The minimum Gasteiger partial charge on any atom is -0.756 e. The SMILES string of the molecule is CC/C=C\C/C=C\C/C=C\C/C=C\C/C=C\C/C=C\C/C=C\C/C=C\CCCCCCCCCCCCCCCCCCC(=O)NC(COP(=O)([O-])OCC[N+](C)(C)C)C(O)/C=C/CC/C=C/CCCCCCCCCCCCCCC. The molecule has 0 aliphatic rings. The first-order valence-corrected chi connectivity index (χ1v) is 35.4. The Labute approximate surface area is 507 Å². The molecule has 0 saturated heterocycles. The Bertz CT molecular complexity index is 1750. The Kier molecular flexibility index (Phi) is 60.1. The number of quaternary nitrogens is 1. The average molecular weight is 1160 g/mol. The van der Waals surface area contributed by atoms with E-state index in [2.05, 4.69) is 129 Å². The van der Waals surface area contributed by atoms with Crippen LogP contribution < -0.4 is 10.2 Å². The standard InChI is InChI=1S/C73H129N2O6P/c1-6-8-10-12-14-16-18-20-22-24-26-27-28-29-30-31-32-33-34-35-36-37-38-39-40-41-42-43-44-45-46-47-49-51-53-55-57-59-61-63-65-67-73(77)74-71(70-81-82(78,79)80-69-68-75(3,4)5)72(76)66-64-62-60-58-56-54-52-50-48-25-23-21-19-17-15-13-11-9-7-2/h8,10,14,16,20,22,26-27,29-30,32-33,35-36,38-39,56,58,64,66,71-72,76H,6-7,9,11-13,15,17-19,21,23-25,28,31,34,37,40-55,57,59-63,65,67-70H2,1-5H3,(H-,74,77,78,79)/b10-8-,16-14-,22-20-,27-26-,30-29-,33-32-,36-35-,39-38-,58-56+,66-64+. The second-order valence-corrected chi connectivity index (χ2v) is 25.2. The predicted octanol–water partition coefficient (Wildman–Crippen LogP) is 21.0. The summed E-state index contributed by atoms with van der Waals surface area (Å²) in [4.78, 5) is 25.6. The Morgan fingerprint density at radius 1 is 0.439 bits per heavy atom. The van der Waals surface area contributed by atoms with Crippen LogP contribution in [0.1, 0.15) is 284 Å². The number of amides is 1. The van der Waals surface area contributed by atoms with Crippen molar-refractivity contribution in [1.29, 1.82) is 0 Å². The number of aliphatic hydroxyl groups is 1. The lowest BCUT2D eigenvalue weighted by Crippen LogP contribution is -2.45. The summed E-state index contributed by atoms with van der Waals surface area (Å²) in [5, 5.41) is 13.9. The average Bonchev–Trinajstić information content (AvgIpc) is 3.47. The maximum atomic E-state index is 13.0. The van der Waals surface area contributed by atoms with Crippen LogP contribution in [-0.4, -0.2) is 68.5 Å². The fraction of sp³-hybridized carbons (Fsp3) is 0.712. The Morgan fingerprint density at radius 2 is 0.756 bits per heavy atom. The largest absolute Gasteiger partial charge is 0.756 e. The maximum absolute atomic E-state index is 13.0. The molecule has 0 saturated carbocycles. The zero-order valence-corrected chi connectivity index (χ0v) is 54.8. The van der Waals surface area contributed by atoms with Gasteiger partial charge >= 0.3 is 0 Å². The van der Waals surface area contributed by atoms with Crippen LogP contribution >= 0.6 is 7.82 Å². The van der Waals surface area contributed by atoms with Gasteiger partial charge in [0.05, 0.1) is 39.9 Å². The Hall–Kier alpha value is -3.10. The fourth-order valence-electron chi connectivity index (χ4n) is 9.42. The van der Waals surface area contributed by atoms with Crippen molar-refractivity contribution in [2.24, 2.45) is 0 Å². The van der Waals surface area contributed by atoms with Crippen molar-refractivity contribution in [3.05, 3.63) is 122 Å². The van der Waals surface area contributed by atoms with E-state index in [0.29, 0.717) is 17.4 Å². The predicted molar refractivity (Wildman–Crippen MR) is 357 cm³/mol. The first-order chi connectivity index (χ1) is 40.0. The van der Waals surface area contributed by atoms with Crippen LogP contribution in [0.5, 0.6) is 0 Å². The number of allylic oxidation sites excluding steroid dienone is 19. The number of carbonyl (C=O) groups excluding carboxylic acids is 1. The van der Waals surface area contributed by atoms with Crippen LogP contribution in [0.2, 0.25) is 0 Å². The zero-order chi connectivity index (χ0) is 59.8. The van der Waals surface area contributed by atoms with Gasteiger partial charge < -0.3 is 28.8 Å². The molecule has 0 bridgehead atoms. The quantitative estimate of drug-likeness (QED) is 0.0272. The van der Waals surface area contributed by atoms with E-state index in [-0.39, 0.29) is 12.5 Å². The summed E-state index contributed by atoms with van der Waals surface area (Å²) in [6.45, 7) is 4.53. The molecule has 0 aliphatic carbocycles. The molecule has 0 spiro atoms. The number of hydrogen-bond donors (Lipinski definition) is 2. The molecule has 8 nitrogen and oxygen atoms in total. The molecule has 2 N–H and O–H groups in total. The van der Waals surface area contributed by atoms with Crippen molar-refractivity contribution in [3.8, 4) is 0 Å². The maximum Gasteiger partial charge on any atom is 0.268 e. The number of nitrogens with one attached hydrogen (secondary N) is 1. The minimum absolute atomic E-state index is 0.00968. The van der Waals surface area contributed by atoms with E-state index < -0.39 is 26.6 Å². The lowest BCUT2D eigenvalue weighted by atomic mass is 10.0. The second-order valence-electron chi connectivity index (χ2n) is 23.8. The van der Waals surface area contributed by atoms with E-state index in [1.54, 1.807) is 6.08 Å². The van der Waals surface area contributed by atoms with Gasteiger partial charge in [0.1, 0.15) is 13.2 Å². The molecule has 0 rings (SSSR count). The summed E-state index contributed by atoms with van der Waals surface area (Å²) < 4.78 is 23.4. The van der Waals surface area contributed by atoms with Crippen LogP contribution in [0.4, 0.5) is 0 Å². The van der Waals surface area contributed by atoms with E-state index in [1.165, 1.54) is 173 Å². The van der Waals surface area contributed by atoms with E-state index in [4.69, 9.17) is 9.05 Å². The van der Waals surface area contributed by atoms with Crippen LogP contribution in [0.3, 0.4) is 0 Å². The molecule has 0 radical (unpaired) electrons. The summed E-state index contributed by atoms with van der Waals surface area (Å²) in [5.41, 5.74) is 0. The highest BCUT2D eigenvalue weighted by Crippen LogP contribution is 2.38. The van der Waals surface area contributed by atoms with Gasteiger partial charge in [0.25, 0.3) is 7.82 Å². The van der Waals surface area contributed by atoms with Gasteiger partial charge in [-0.2, -0.15) is 0 Å². The van der Waals surface area contributed by atoms with Crippen molar-refractivity contribution >= 4 is 13.7 Å². The van der Waals surface area contributed by atoms with Gasteiger partial charge in [0.15, 0.2) is 0 Å². The van der Waals surface area contributed by atoms with Crippen LogP contribution in [0, 0.1) is 0 Å². The Balaban J connectivity index is 4.05. The third-order valence-corrected chi connectivity index (χ3v) is 15.6. The highest BCUT2D eigenvalue weighted by atomic mass is 31.2. The number of hydrogen-bond acceptors (Lipinski definition) is 6. The van der Waals surface area contributed by atoms with Gasteiger partial charge in [-0.15, -0.1) is 0 Å². The lowest BCUT2D eigenvalue weighted by Gasteiger charge is -2.29. The highest BCUT2D eigenvalue weighted by molar-refractivity contribution is 7.45. The first kappa shape index (κ1) is 78.9. The van der Waals surface area contributed by atoms with Gasteiger partial charge in [-0.3, -0.25) is 9.36 Å². The molecule has 0 aromatic heterocycles. The number of aliphatic hydroxyl groups excluding tert-OH is 1. The van der Waals surface area contributed by atoms with E-state index in [0.717, 1.165) is 89.9 Å². The van der Waals surface area contributed by atoms with Crippen molar-refractivity contribution in [2.45, 2.75) is 296 Å². The molecule has 3 unspecified atom stereocenters. The molecular formula is C73H129N2O6P. The number of unbranched alkanes of at least 4 members (excludes halogenated alkanes) is 30. The third kappa shape index (κ3) is 64.5. The normalized spacial score (nSPS) is 14.5. The van der Waals surface area contributed by atoms with Crippen molar-refractivity contribution in [1.82, 2.24) is 5.32 Å². The number of rotatable bonds is 61. The molecule has 0 fully saturated rings. The lowest BCUT2D eigenvalue weighted by molar-refractivity contribution is -0.870. The van der Waals surface area contributed by atoms with Crippen molar-refractivity contribution in [2.75, 3.05) is 40.9 Å². The number of likely N-dealkylation sites (N-methyl/N-ethyl adjacent to an activating group) is 1. The van der Waals surface area contributed by atoms with Crippen LogP contribution in [-0.2, 0) is 18.4 Å². The van der Waals surface area contributed by atoms with Crippen molar-refractivity contribution < 1.29 is 32.9 Å². The highest BCUT2D eigenvalue weighted by Gasteiger charge is 2.23. The molecule has 82 heavy (non-hydrogen) atoms. The summed E-state index contributed by atoms with van der Waals surface area (Å²) in [7, 11) is 1.24. The molecule has 1 amide bonds. The topological polar surface area (TPSA) is 108 Å².